The Morgan fingerprint density at radius 1 is 0.893 bits per heavy atom. The van der Waals surface area contributed by atoms with Crippen molar-refractivity contribution >= 4 is 5.91 Å². The molecule has 0 aromatic heterocycles. The Morgan fingerprint density at radius 3 is 2.29 bits per heavy atom. The summed E-state index contributed by atoms with van der Waals surface area (Å²) < 4.78 is 5.66. The Bertz CT molecular complexity index is 659. The molecule has 0 spiro atoms. The predicted octanol–water partition coefficient (Wildman–Crippen LogP) is 4.45. The van der Waals surface area contributed by atoms with Gasteiger partial charge in [-0.3, -0.25) is 4.79 Å². The quantitative estimate of drug-likeness (QED) is 0.713. The zero-order valence-corrected chi connectivity index (χ0v) is 16.9. The molecule has 0 saturated heterocycles. The van der Waals surface area contributed by atoms with Gasteiger partial charge in [0.05, 0.1) is 0 Å². The predicted molar refractivity (Wildman–Crippen MR) is 113 cm³/mol. The van der Waals surface area contributed by atoms with Crippen LogP contribution in [0, 0.1) is 0 Å². The van der Waals surface area contributed by atoms with Gasteiger partial charge >= 0.3 is 0 Å². The lowest BCUT2D eigenvalue weighted by Crippen LogP contribution is -2.84. The summed E-state index contributed by atoms with van der Waals surface area (Å²) >= 11 is 0. The van der Waals surface area contributed by atoms with Crippen LogP contribution in [0.3, 0.4) is 0 Å². The summed E-state index contributed by atoms with van der Waals surface area (Å²) in [6.45, 7) is 0.0819. The van der Waals surface area contributed by atoms with Crippen molar-refractivity contribution in [3.8, 4) is 0 Å². The summed E-state index contributed by atoms with van der Waals surface area (Å²) in [5, 5.41) is 7.21. The van der Waals surface area contributed by atoms with Crippen LogP contribution in [0.4, 0.5) is 0 Å². The lowest BCUT2D eigenvalue weighted by Gasteiger charge is -2.71. The summed E-state index contributed by atoms with van der Waals surface area (Å²) in [6.07, 6.45) is 27.7. The van der Waals surface area contributed by atoms with Crippen LogP contribution in [0.2, 0.25) is 0 Å². The van der Waals surface area contributed by atoms with Gasteiger partial charge in [-0.2, -0.15) is 0 Å². The molecule has 2 N–H and O–H groups in total. The maximum Gasteiger partial charge on any atom is 0.258 e. The molecule has 0 unspecified atom stereocenters. The molecule has 4 heteroatoms. The van der Waals surface area contributed by atoms with E-state index in [1.807, 2.05) is 42.5 Å². The van der Waals surface area contributed by atoms with Crippen molar-refractivity contribution in [2.24, 2.45) is 0 Å². The molecule has 4 nitrogen and oxygen atoms in total. The fourth-order valence-corrected chi connectivity index (χ4v) is 5.41. The third kappa shape index (κ3) is 4.78. The van der Waals surface area contributed by atoms with Crippen molar-refractivity contribution in [2.45, 2.75) is 87.7 Å². The fourth-order valence-electron chi connectivity index (χ4n) is 5.41. The first-order valence-electron chi connectivity index (χ1n) is 11.1. The van der Waals surface area contributed by atoms with E-state index >= 15 is 0 Å². The van der Waals surface area contributed by atoms with E-state index in [1.54, 1.807) is 0 Å². The summed E-state index contributed by atoms with van der Waals surface area (Å²) in [5.41, 5.74) is 0.328. The van der Waals surface area contributed by atoms with E-state index in [1.165, 1.54) is 51.4 Å². The van der Waals surface area contributed by atoms with Gasteiger partial charge in [0, 0.05) is 17.1 Å². The normalized spacial score (nSPS) is 37.8. The number of carbonyl (C=O) groups excluding carboxylic acids is 1. The topological polar surface area (TPSA) is 50.4 Å². The van der Waals surface area contributed by atoms with Crippen molar-refractivity contribution < 1.29 is 9.53 Å². The van der Waals surface area contributed by atoms with E-state index < -0.39 is 0 Å². The first kappa shape index (κ1) is 19.5. The third-order valence-corrected chi connectivity index (χ3v) is 6.64. The molecule has 0 heterocycles. The van der Waals surface area contributed by atoms with Crippen LogP contribution in [0.5, 0.6) is 0 Å². The minimum Gasteiger partial charge on any atom is -0.484 e. The second-order valence-corrected chi connectivity index (χ2v) is 9.17. The minimum absolute atomic E-state index is 0.00776. The van der Waals surface area contributed by atoms with Gasteiger partial charge in [-0.1, -0.05) is 68.9 Å². The van der Waals surface area contributed by atoms with Crippen molar-refractivity contribution in [3.05, 3.63) is 48.3 Å². The summed E-state index contributed by atoms with van der Waals surface area (Å²) in [5.74, 6) is 0.707. The van der Waals surface area contributed by atoms with Crippen LogP contribution in [0.1, 0.15) is 70.6 Å². The molecular formula is C24H34N2O2. The number of hydrogen-bond acceptors (Lipinski definition) is 3. The molecule has 152 valence electrons. The summed E-state index contributed by atoms with van der Waals surface area (Å²) in [6, 6.07) is 0.676. The van der Waals surface area contributed by atoms with Crippen LogP contribution in [0.15, 0.2) is 48.3 Å². The molecule has 5 aliphatic rings. The highest BCUT2D eigenvalue weighted by Gasteiger charge is 2.68. The number of ether oxygens (including phenoxy) is 1. The first-order valence-corrected chi connectivity index (χ1v) is 11.1. The number of allylic oxidation sites excluding steroid dienone is 7. The van der Waals surface area contributed by atoms with Crippen LogP contribution in [0.25, 0.3) is 0 Å². The van der Waals surface area contributed by atoms with Gasteiger partial charge in [-0.25, -0.2) is 0 Å². The van der Waals surface area contributed by atoms with E-state index in [4.69, 9.17) is 4.74 Å². The van der Waals surface area contributed by atoms with Crippen molar-refractivity contribution in [1.29, 1.82) is 0 Å². The zero-order chi connectivity index (χ0) is 19.3. The second-order valence-electron chi connectivity index (χ2n) is 9.17. The molecule has 0 radical (unpaired) electrons. The molecule has 4 saturated carbocycles. The van der Waals surface area contributed by atoms with E-state index in [-0.39, 0.29) is 18.1 Å². The minimum atomic E-state index is -0.00776. The highest BCUT2D eigenvalue weighted by atomic mass is 16.5. The Labute approximate surface area is 169 Å². The molecule has 5 rings (SSSR count). The molecule has 0 aromatic carbocycles. The van der Waals surface area contributed by atoms with Gasteiger partial charge in [0.25, 0.3) is 5.91 Å². The van der Waals surface area contributed by atoms with E-state index in [0.29, 0.717) is 17.3 Å². The molecule has 28 heavy (non-hydrogen) atoms. The number of amides is 1. The van der Waals surface area contributed by atoms with Gasteiger partial charge < -0.3 is 15.4 Å². The molecule has 5 aliphatic carbocycles. The zero-order valence-electron chi connectivity index (χ0n) is 16.9. The third-order valence-electron chi connectivity index (χ3n) is 6.64. The van der Waals surface area contributed by atoms with E-state index in [2.05, 4.69) is 10.6 Å². The first-order chi connectivity index (χ1) is 13.7. The fraction of sp³-hybridized carbons (Fsp3) is 0.625. The lowest BCUT2D eigenvalue weighted by atomic mass is 9.44. The van der Waals surface area contributed by atoms with Gasteiger partial charge in [0.2, 0.25) is 0 Å². The SMILES string of the molecule is O=C(COC1=C/C=C\C=C/C=C\1)NC12CC(NC3CCCCCCCC3)(C1)C2. The van der Waals surface area contributed by atoms with E-state index in [9.17, 15) is 4.79 Å². The van der Waals surface area contributed by atoms with Crippen molar-refractivity contribution in [2.75, 3.05) is 6.61 Å². The monoisotopic (exact) mass is 382 g/mol. The molecule has 0 aliphatic heterocycles. The van der Waals surface area contributed by atoms with Crippen LogP contribution >= 0.6 is 0 Å². The van der Waals surface area contributed by atoms with Crippen LogP contribution < -0.4 is 10.6 Å². The number of nitrogens with one attached hydrogen (secondary N) is 2. The maximum atomic E-state index is 12.3. The highest BCUT2D eigenvalue weighted by molar-refractivity contribution is 5.79. The Morgan fingerprint density at radius 2 is 1.54 bits per heavy atom. The molecule has 2 bridgehead atoms. The van der Waals surface area contributed by atoms with Gasteiger partial charge in [0.1, 0.15) is 5.76 Å². The van der Waals surface area contributed by atoms with Gasteiger partial charge in [0.15, 0.2) is 6.61 Å². The van der Waals surface area contributed by atoms with Crippen LogP contribution in [-0.4, -0.2) is 29.6 Å². The lowest BCUT2D eigenvalue weighted by molar-refractivity contribution is -0.146. The number of carbonyl (C=O) groups is 1. The Hall–Kier alpha value is -1.81. The second kappa shape index (κ2) is 8.69. The highest BCUT2D eigenvalue weighted by Crippen LogP contribution is 2.60. The number of rotatable bonds is 6. The van der Waals surface area contributed by atoms with E-state index in [0.717, 1.165) is 19.3 Å². The largest absolute Gasteiger partial charge is 0.484 e. The Kier molecular flexibility index (Phi) is 6.05. The van der Waals surface area contributed by atoms with Crippen molar-refractivity contribution in [3.63, 3.8) is 0 Å². The molecule has 0 atom stereocenters. The van der Waals surface area contributed by atoms with Gasteiger partial charge in [-0.15, -0.1) is 0 Å². The Balaban J connectivity index is 1.18. The maximum absolute atomic E-state index is 12.3. The molecule has 4 fully saturated rings. The number of hydrogen-bond donors (Lipinski definition) is 2. The molecule has 1 amide bonds. The molecule has 0 aromatic rings. The molecular weight excluding hydrogens is 348 g/mol. The van der Waals surface area contributed by atoms with Crippen molar-refractivity contribution in [1.82, 2.24) is 10.6 Å². The standard InChI is InChI=1S/C24H34N2O2/c27-22(16-28-21-14-10-6-3-7-11-15-21)26-24-17-23(18-24,19-24)25-20-12-8-4-1-2-5-9-13-20/h3,6-7,10-11,14-15,20,25H,1-2,4-5,8-9,12-13,16-19H2,(H,26,27)/b6-3-,7-3?,10-6?,11-7-,14-10-,15-11?,21-14?,21-15+. The summed E-state index contributed by atoms with van der Waals surface area (Å²) in [4.78, 5) is 12.3. The van der Waals surface area contributed by atoms with Gasteiger partial charge in [-0.05, 0) is 44.3 Å². The smallest absolute Gasteiger partial charge is 0.258 e. The average Bonchev–Trinajstić information content (AvgIpc) is 2.72. The average molecular weight is 383 g/mol. The summed E-state index contributed by atoms with van der Waals surface area (Å²) in [7, 11) is 0. The van der Waals surface area contributed by atoms with Crippen LogP contribution in [-0.2, 0) is 9.53 Å².